The van der Waals surface area contributed by atoms with Crippen LogP contribution >= 0.6 is 0 Å². The van der Waals surface area contributed by atoms with Gasteiger partial charge in [-0.3, -0.25) is 4.79 Å². The van der Waals surface area contributed by atoms with E-state index in [4.69, 9.17) is 0 Å². The first-order valence-corrected chi connectivity index (χ1v) is 10.8. The monoisotopic (exact) mass is 389 g/mol. The molecule has 1 amide bonds. The molecule has 7 heteroatoms. The van der Waals surface area contributed by atoms with E-state index in [9.17, 15) is 13.2 Å². The first-order valence-electron chi connectivity index (χ1n) is 9.39. The third-order valence-corrected chi connectivity index (χ3v) is 7.14. The third kappa shape index (κ3) is 4.09. The quantitative estimate of drug-likeness (QED) is 0.697. The van der Waals surface area contributed by atoms with Crippen LogP contribution in [0.3, 0.4) is 0 Å². The Balaban J connectivity index is 1.81. The first-order chi connectivity index (χ1) is 12.9. The van der Waals surface area contributed by atoms with Gasteiger partial charge in [0.1, 0.15) is 0 Å². The summed E-state index contributed by atoms with van der Waals surface area (Å²) in [6, 6.07) is 10.6. The SMILES string of the molecule is CCN(CC)S(=O)(=O)c1ccc(C(=O)N(Cc2cccn2C)C2CC2)cc1. The summed E-state index contributed by atoms with van der Waals surface area (Å²) in [6.45, 7) is 5.04. The van der Waals surface area contributed by atoms with Gasteiger partial charge in [0, 0.05) is 43.6 Å². The molecule has 0 unspecified atom stereocenters. The Morgan fingerprint density at radius 1 is 1.11 bits per heavy atom. The van der Waals surface area contributed by atoms with Crippen LogP contribution in [-0.2, 0) is 23.6 Å². The molecule has 0 atom stereocenters. The van der Waals surface area contributed by atoms with Crippen LogP contribution in [0.5, 0.6) is 0 Å². The molecule has 27 heavy (non-hydrogen) atoms. The van der Waals surface area contributed by atoms with Gasteiger partial charge >= 0.3 is 0 Å². The standard InChI is InChI=1S/C20H27N3O3S/c1-4-22(5-2)27(25,26)19-12-8-16(9-13-19)20(24)23(17-10-11-17)15-18-7-6-14-21(18)3/h6-9,12-14,17H,4-5,10-11,15H2,1-3H3. The third-order valence-electron chi connectivity index (χ3n) is 5.08. The number of hydrogen-bond acceptors (Lipinski definition) is 3. The minimum absolute atomic E-state index is 0.0505. The fourth-order valence-electron chi connectivity index (χ4n) is 3.24. The Kier molecular flexibility index (Phi) is 5.72. The molecule has 0 spiro atoms. The predicted octanol–water partition coefficient (Wildman–Crippen LogP) is 2.86. The van der Waals surface area contributed by atoms with Crippen LogP contribution in [-0.4, -0.2) is 47.2 Å². The summed E-state index contributed by atoms with van der Waals surface area (Å²) in [5, 5.41) is 0. The van der Waals surface area contributed by atoms with Gasteiger partial charge in [-0.25, -0.2) is 8.42 Å². The average molecular weight is 390 g/mol. The number of sulfonamides is 1. The highest BCUT2D eigenvalue weighted by Gasteiger charge is 2.33. The fraction of sp³-hybridized carbons (Fsp3) is 0.450. The second-order valence-corrected chi connectivity index (χ2v) is 8.83. The molecule has 0 saturated heterocycles. The van der Waals surface area contributed by atoms with E-state index in [1.54, 1.807) is 12.1 Å². The molecule has 1 aromatic heterocycles. The lowest BCUT2D eigenvalue weighted by Gasteiger charge is -2.23. The molecule has 146 valence electrons. The molecular formula is C20H27N3O3S. The van der Waals surface area contributed by atoms with E-state index in [0.717, 1.165) is 18.5 Å². The van der Waals surface area contributed by atoms with Crippen molar-refractivity contribution in [2.24, 2.45) is 7.05 Å². The first kappa shape index (κ1) is 19.6. The van der Waals surface area contributed by atoms with Crippen LogP contribution in [0.1, 0.15) is 42.7 Å². The van der Waals surface area contributed by atoms with Crippen molar-refractivity contribution in [2.45, 2.75) is 44.2 Å². The highest BCUT2D eigenvalue weighted by molar-refractivity contribution is 7.89. The van der Waals surface area contributed by atoms with Crippen LogP contribution in [0, 0.1) is 0 Å². The molecule has 1 fully saturated rings. The number of hydrogen-bond donors (Lipinski definition) is 0. The smallest absolute Gasteiger partial charge is 0.254 e. The van der Waals surface area contributed by atoms with Crippen LogP contribution in [0.2, 0.25) is 0 Å². The van der Waals surface area contributed by atoms with E-state index in [1.165, 1.54) is 16.4 Å². The molecule has 3 rings (SSSR count). The summed E-state index contributed by atoms with van der Waals surface area (Å²) in [4.78, 5) is 15.1. The van der Waals surface area contributed by atoms with Gasteiger partial charge in [0.15, 0.2) is 0 Å². The number of carbonyl (C=O) groups is 1. The maximum absolute atomic E-state index is 13.0. The van der Waals surface area contributed by atoms with Gasteiger partial charge in [0.05, 0.1) is 11.4 Å². The zero-order valence-electron chi connectivity index (χ0n) is 16.1. The summed E-state index contributed by atoms with van der Waals surface area (Å²) >= 11 is 0. The van der Waals surface area contributed by atoms with Crippen molar-refractivity contribution in [2.75, 3.05) is 13.1 Å². The largest absolute Gasteiger partial charge is 0.353 e. The second-order valence-electron chi connectivity index (χ2n) is 6.89. The lowest BCUT2D eigenvalue weighted by atomic mass is 10.2. The average Bonchev–Trinajstić information content (AvgIpc) is 3.42. The van der Waals surface area contributed by atoms with Crippen molar-refractivity contribution < 1.29 is 13.2 Å². The lowest BCUT2D eigenvalue weighted by Crippen LogP contribution is -2.33. The minimum atomic E-state index is -3.51. The number of benzene rings is 1. The molecule has 1 heterocycles. The van der Waals surface area contributed by atoms with Crippen LogP contribution in [0.4, 0.5) is 0 Å². The van der Waals surface area contributed by atoms with Gasteiger partial charge in [0.25, 0.3) is 5.91 Å². The van der Waals surface area contributed by atoms with E-state index >= 15 is 0 Å². The number of aryl methyl sites for hydroxylation is 1. The molecule has 0 N–H and O–H groups in total. The van der Waals surface area contributed by atoms with Crippen molar-refractivity contribution in [1.29, 1.82) is 0 Å². The van der Waals surface area contributed by atoms with E-state index < -0.39 is 10.0 Å². The number of carbonyl (C=O) groups excluding carboxylic acids is 1. The fourth-order valence-corrected chi connectivity index (χ4v) is 4.69. The highest BCUT2D eigenvalue weighted by Crippen LogP contribution is 2.30. The molecule has 2 aromatic rings. The number of nitrogens with zero attached hydrogens (tertiary/aromatic N) is 3. The molecule has 1 aliphatic carbocycles. The molecule has 1 aliphatic rings. The predicted molar refractivity (Wildman–Crippen MR) is 105 cm³/mol. The maximum Gasteiger partial charge on any atom is 0.254 e. The normalized spacial score (nSPS) is 14.5. The molecule has 1 aromatic carbocycles. The summed E-state index contributed by atoms with van der Waals surface area (Å²) in [7, 11) is -1.54. The summed E-state index contributed by atoms with van der Waals surface area (Å²) in [5.41, 5.74) is 1.60. The van der Waals surface area contributed by atoms with Crippen LogP contribution < -0.4 is 0 Å². The summed E-state index contributed by atoms with van der Waals surface area (Å²) < 4.78 is 28.6. The van der Waals surface area contributed by atoms with Crippen molar-refractivity contribution in [3.8, 4) is 0 Å². The Labute approximate surface area is 161 Å². The number of amides is 1. The van der Waals surface area contributed by atoms with Crippen molar-refractivity contribution in [1.82, 2.24) is 13.8 Å². The van der Waals surface area contributed by atoms with Crippen LogP contribution in [0.25, 0.3) is 0 Å². The Hall–Kier alpha value is -2.12. The number of aromatic nitrogens is 1. The Morgan fingerprint density at radius 2 is 1.74 bits per heavy atom. The molecule has 0 aliphatic heterocycles. The van der Waals surface area contributed by atoms with Gasteiger partial charge < -0.3 is 9.47 Å². The Morgan fingerprint density at radius 3 is 2.22 bits per heavy atom. The molecule has 0 radical (unpaired) electrons. The Bertz CT molecular complexity index is 895. The van der Waals surface area contributed by atoms with Crippen molar-refractivity contribution >= 4 is 15.9 Å². The zero-order valence-corrected chi connectivity index (χ0v) is 16.9. The highest BCUT2D eigenvalue weighted by atomic mass is 32.2. The van der Waals surface area contributed by atoms with Gasteiger partial charge in [-0.05, 0) is 49.2 Å². The summed E-state index contributed by atoms with van der Waals surface area (Å²) in [6.07, 6.45) is 4.01. The van der Waals surface area contributed by atoms with E-state index in [2.05, 4.69) is 0 Å². The van der Waals surface area contributed by atoms with Crippen LogP contribution in [0.15, 0.2) is 47.5 Å². The lowest BCUT2D eigenvalue weighted by molar-refractivity contribution is 0.0726. The second kappa shape index (κ2) is 7.86. The van der Waals surface area contributed by atoms with Gasteiger partial charge in [0.2, 0.25) is 10.0 Å². The molecular weight excluding hydrogens is 362 g/mol. The summed E-state index contributed by atoms with van der Waals surface area (Å²) in [5.74, 6) is -0.0505. The van der Waals surface area contributed by atoms with Crippen molar-refractivity contribution in [3.63, 3.8) is 0 Å². The van der Waals surface area contributed by atoms with Gasteiger partial charge in [-0.15, -0.1) is 0 Å². The molecule has 1 saturated carbocycles. The maximum atomic E-state index is 13.0. The zero-order chi connectivity index (χ0) is 19.6. The van der Waals surface area contributed by atoms with Gasteiger partial charge in [-0.2, -0.15) is 4.31 Å². The topological polar surface area (TPSA) is 62.6 Å². The van der Waals surface area contributed by atoms with Crippen molar-refractivity contribution in [3.05, 3.63) is 53.9 Å². The number of rotatable bonds is 8. The van der Waals surface area contributed by atoms with E-state index in [0.29, 0.717) is 25.2 Å². The minimum Gasteiger partial charge on any atom is -0.353 e. The van der Waals surface area contributed by atoms with Gasteiger partial charge in [-0.1, -0.05) is 13.8 Å². The van der Waals surface area contributed by atoms with E-state index in [-0.39, 0.29) is 16.8 Å². The molecule has 0 bridgehead atoms. The van der Waals surface area contributed by atoms with E-state index in [1.807, 2.05) is 48.7 Å². The molecule has 6 nitrogen and oxygen atoms in total.